The number of hydrogen-bond acceptors (Lipinski definition) is 6. The van der Waals surface area contributed by atoms with Gasteiger partial charge >= 0.3 is 17.8 Å². The van der Waals surface area contributed by atoms with E-state index in [1.54, 1.807) is 59.1 Å². The molecule has 0 fully saturated rings. The molecule has 0 aliphatic carbocycles. The SMILES string of the molecule is CCOC(=O)c1c2n(c(=O)n1-c1ccc(OC)cc1)CCN(C(=O)OC(C)(C)C)C2. The number of rotatable bonds is 4. The van der Waals surface area contributed by atoms with E-state index >= 15 is 0 Å². The molecule has 0 N–H and O–H groups in total. The van der Waals surface area contributed by atoms with Crippen LogP contribution in [-0.2, 0) is 22.6 Å². The molecule has 1 aliphatic rings. The molecule has 0 atom stereocenters. The molecule has 3 rings (SSSR count). The molecule has 30 heavy (non-hydrogen) atoms. The Hall–Kier alpha value is -3.23. The number of ether oxygens (including phenoxy) is 3. The van der Waals surface area contributed by atoms with Gasteiger partial charge in [-0.05, 0) is 52.0 Å². The number of imidazole rings is 1. The van der Waals surface area contributed by atoms with Crippen LogP contribution in [0.4, 0.5) is 4.79 Å². The summed E-state index contributed by atoms with van der Waals surface area (Å²) in [7, 11) is 1.55. The fourth-order valence-electron chi connectivity index (χ4n) is 3.32. The molecule has 2 heterocycles. The lowest BCUT2D eigenvalue weighted by Gasteiger charge is -2.30. The minimum atomic E-state index is -0.646. The van der Waals surface area contributed by atoms with Crippen LogP contribution in [0.2, 0.25) is 0 Å². The van der Waals surface area contributed by atoms with Crippen LogP contribution in [0, 0.1) is 0 Å². The average molecular weight is 417 g/mol. The van der Waals surface area contributed by atoms with E-state index in [0.29, 0.717) is 23.7 Å². The summed E-state index contributed by atoms with van der Waals surface area (Å²) in [6.07, 6.45) is -0.492. The summed E-state index contributed by atoms with van der Waals surface area (Å²) in [4.78, 5) is 40.0. The predicted octanol–water partition coefficient (Wildman–Crippen LogP) is 2.58. The third-order valence-corrected chi connectivity index (χ3v) is 4.63. The standard InChI is InChI=1S/C21H27N3O6/c1-6-29-18(25)17-16-13-22(20(27)30-21(2,3)4)11-12-23(16)19(26)24(17)14-7-9-15(28-5)10-8-14/h7-10H,6,11-13H2,1-5H3. The van der Waals surface area contributed by atoms with Crippen LogP contribution in [0.15, 0.2) is 29.1 Å². The number of carbonyl (C=O) groups excluding carboxylic acids is 2. The highest BCUT2D eigenvalue weighted by atomic mass is 16.6. The zero-order valence-electron chi connectivity index (χ0n) is 17.9. The second-order valence-corrected chi connectivity index (χ2v) is 7.89. The first-order valence-electron chi connectivity index (χ1n) is 9.80. The van der Waals surface area contributed by atoms with Crippen LogP contribution in [0.5, 0.6) is 5.75 Å². The molecule has 9 nitrogen and oxygen atoms in total. The smallest absolute Gasteiger partial charge is 0.410 e. The van der Waals surface area contributed by atoms with Crippen LogP contribution in [0.1, 0.15) is 43.9 Å². The molecule has 1 aromatic carbocycles. The minimum absolute atomic E-state index is 0.0709. The van der Waals surface area contributed by atoms with Crippen LogP contribution in [0.25, 0.3) is 5.69 Å². The second kappa shape index (κ2) is 8.25. The molecular weight excluding hydrogens is 390 g/mol. The van der Waals surface area contributed by atoms with Gasteiger partial charge in [0.2, 0.25) is 0 Å². The fourth-order valence-corrected chi connectivity index (χ4v) is 3.32. The number of amides is 1. The van der Waals surface area contributed by atoms with E-state index in [0.717, 1.165) is 0 Å². The molecule has 0 bridgehead atoms. The van der Waals surface area contributed by atoms with Crippen LogP contribution >= 0.6 is 0 Å². The number of methoxy groups -OCH3 is 1. The highest BCUT2D eigenvalue weighted by molar-refractivity contribution is 5.90. The Bertz CT molecular complexity index is 997. The lowest BCUT2D eigenvalue weighted by Crippen LogP contribution is -2.43. The Morgan fingerprint density at radius 1 is 1.10 bits per heavy atom. The van der Waals surface area contributed by atoms with Gasteiger partial charge in [0.15, 0.2) is 5.69 Å². The summed E-state index contributed by atoms with van der Waals surface area (Å²) in [5.41, 5.74) is 0.0380. The molecule has 9 heteroatoms. The lowest BCUT2D eigenvalue weighted by molar-refractivity contribution is 0.0193. The van der Waals surface area contributed by atoms with Gasteiger partial charge in [0.25, 0.3) is 0 Å². The summed E-state index contributed by atoms with van der Waals surface area (Å²) in [6.45, 7) is 7.85. The monoisotopic (exact) mass is 417 g/mol. The van der Waals surface area contributed by atoms with Gasteiger partial charge in [0.05, 0.1) is 31.6 Å². The summed E-state index contributed by atoms with van der Waals surface area (Å²) >= 11 is 0. The van der Waals surface area contributed by atoms with Gasteiger partial charge in [-0.2, -0.15) is 0 Å². The Morgan fingerprint density at radius 2 is 1.77 bits per heavy atom. The van der Waals surface area contributed by atoms with Crippen LogP contribution < -0.4 is 10.4 Å². The maximum atomic E-state index is 13.2. The highest BCUT2D eigenvalue weighted by Gasteiger charge is 2.33. The Labute approximate surface area is 174 Å². The maximum Gasteiger partial charge on any atom is 0.410 e. The van der Waals surface area contributed by atoms with Crippen LogP contribution in [0.3, 0.4) is 0 Å². The molecule has 2 aromatic rings. The fraction of sp³-hybridized carbons (Fsp3) is 0.476. The van der Waals surface area contributed by atoms with Crippen molar-refractivity contribution in [3.05, 3.63) is 46.1 Å². The quantitative estimate of drug-likeness (QED) is 0.710. The third-order valence-electron chi connectivity index (χ3n) is 4.63. The molecule has 0 saturated carbocycles. The van der Waals surface area contributed by atoms with Crippen molar-refractivity contribution in [2.45, 2.75) is 46.4 Å². The van der Waals surface area contributed by atoms with Gasteiger partial charge in [-0.3, -0.25) is 9.13 Å². The van der Waals surface area contributed by atoms with Gasteiger partial charge < -0.3 is 19.1 Å². The highest BCUT2D eigenvalue weighted by Crippen LogP contribution is 2.23. The first kappa shape index (κ1) is 21.5. The molecule has 1 aliphatic heterocycles. The molecule has 1 aromatic heterocycles. The van der Waals surface area contributed by atoms with E-state index in [-0.39, 0.29) is 31.1 Å². The topological polar surface area (TPSA) is 92.0 Å². The molecule has 0 radical (unpaired) electrons. The van der Waals surface area contributed by atoms with Gasteiger partial charge in [-0.15, -0.1) is 0 Å². The minimum Gasteiger partial charge on any atom is -0.497 e. The van der Waals surface area contributed by atoms with Crippen molar-refractivity contribution in [2.75, 3.05) is 20.3 Å². The predicted molar refractivity (Wildman–Crippen MR) is 109 cm³/mol. The zero-order chi connectivity index (χ0) is 22.1. The number of fused-ring (bicyclic) bond motifs is 1. The molecular formula is C21H27N3O6. The van der Waals surface area contributed by atoms with E-state index in [9.17, 15) is 14.4 Å². The van der Waals surface area contributed by atoms with E-state index in [1.165, 1.54) is 14.0 Å². The van der Waals surface area contributed by atoms with Gasteiger partial charge in [0, 0.05) is 13.1 Å². The van der Waals surface area contributed by atoms with Crippen molar-refractivity contribution in [2.24, 2.45) is 0 Å². The molecule has 162 valence electrons. The van der Waals surface area contributed by atoms with E-state index in [1.807, 2.05) is 0 Å². The van der Waals surface area contributed by atoms with E-state index in [4.69, 9.17) is 14.2 Å². The zero-order valence-corrected chi connectivity index (χ0v) is 17.9. The largest absolute Gasteiger partial charge is 0.497 e. The van der Waals surface area contributed by atoms with Gasteiger partial charge in [-0.25, -0.2) is 14.4 Å². The number of nitrogens with zero attached hydrogens (tertiary/aromatic N) is 3. The number of hydrogen-bond donors (Lipinski definition) is 0. The number of carbonyl (C=O) groups is 2. The van der Waals surface area contributed by atoms with Crippen molar-refractivity contribution >= 4 is 12.1 Å². The first-order chi connectivity index (χ1) is 14.2. The number of esters is 1. The maximum absolute atomic E-state index is 13.2. The molecule has 0 saturated heterocycles. The summed E-state index contributed by atoms with van der Waals surface area (Å²) < 4.78 is 18.7. The molecule has 0 unspecified atom stereocenters. The van der Waals surface area contributed by atoms with Crippen molar-refractivity contribution in [1.82, 2.24) is 14.0 Å². The Balaban J connectivity index is 2.07. The summed E-state index contributed by atoms with van der Waals surface area (Å²) in [5, 5.41) is 0. The van der Waals surface area contributed by atoms with Crippen molar-refractivity contribution in [3.8, 4) is 11.4 Å². The normalized spacial score (nSPS) is 13.6. The molecule has 1 amide bonds. The Kier molecular flexibility index (Phi) is 5.91. The first-order valence-corrected chi connectivity index (χ1v) is 9.80. The number of aromatic nitrogens is 2. The third kappa shape index (κ3) is 4.19. The van der Waals surface area contributed by atoms with Crippen molar-refractivity contribution < 1.29 is 23.8 Å². The number of benzene rings is 1. The Morgan fingerprint density at radius 3 is 2.33 bits per heavy atom. The lowest BCUT2D eigenvalue weighted by atomic mass is 10.2. The summed E-state index contributed by atoms with van der Waals surface area (Å²) in [6, 6.07) is 6.81. The van der Waals surface area contributed by atoms with E-state index < -0.39 is 17.7 Å². The summed E-state index contributed by atoms with van der Waals surface area (Å²) in [5.74, 6) is 0.00904. The second-order valence-electron chi connectivity index (χ2n) is 7.89. The van der Waals surface area contributed by atoms with Crippen LogP contribution in [-0.4, -0.2) is 52.0 Å². The van der Waals surface area contributed by atoms with Crippen molar-refractivity contribution in [1.29, 1.82) is 0 Å². The molecule has 0 spiro atoms. The van der Waals surface area contributed by atoms with Gasteiger partial charge in [0.1, 0.15) is 11.4 Å². The van der Waals surface area contributed by atoms with Gasteiger partial charge in [-0.1, -0.05) is 0 Å². The average Bonchev–Trinajstić information content (AvgIpc) is 2.99. The van der Waals surface area contributed by atoms with Crippen molar-refractivity contribution in [3.63, 3.8) is 0 Å². The van der Waals surface area contributed by atoms with E-state index in [2.05, 4.69) is 0 Å².